The van der Waals surface area contributed by atoms with Crippen molar-refractivity contribution in [3.63, 3.8) is 0 Å². The van der Waals surface area contributed by atoms with Gasteiger partial charge in [0, 0.05) is 16.0 Å². The first kappa shape index (κ1) is 22.8. The standard InChI is InChI=1S/C25H33FN2OS/c1-5-18-16-19(6-2)22(30-26)17-21(18)24(29)27-23(20-12-8-7-9-13-20)25(28(3)4)14-10-11-15-25/h7-9,12-13,16-17,23H,5-6,10-11,14-15H2,1-4H3,(H,27,29). The minimum Gasteiger partial charge on any atom is -0.343 e. The Balaban J connectivity index is 2.02. The number of hydrogen-bond acceptors (Lipinski definition) is 3. The second-order valence-electron chi connectivity index (χ2n) is 8.42. The number of halogens is 1. The molecule has 1 fully saturated rings. The fourth-order valence-electron chi connectivity index (χ4n) is 4.89. The average Bonchev–Trinajstić information content (AvgIpc) is 3.28. The maximum Gasteiger partial charge on any atom is 0.252 e. The third-order valence-electron chi connectivity index (χ3n) is 6.68. The van der Waals surface area contributed by atoms with E-state index in [4.69, 9.17) is 0 Å². The molecular formula is C25H33FN2OS. The summed E-state index contributed by atoms with van der Waals surface area (Å²) in [6, 6.07) is 13.8. The highest BCUT2D eigenvalue weighted by molar-refractivity contribution is 7.94. The smallest absolute Gasteiger partial charge is 0.252 e. The van der Waals surface area contributed by atoms with E-state index in [0.717, 1.165) is 55.2 Å². The predicted octanol–water partition coefficient (Wildman–Crippen LogP) is 6.13. The number of rotatable bonds is 8. The van der Waals surface area contributed by atoms with Crippen molar-refractivity contribution in [3.8, 4) is 0 Å². The predicted molar refractivity (Wildman–Crippen MR) is 124 cm³/mol. The van der Waals surface area contributed by atoms with Gasteiger partial charge in [-0.2, -0.15) is 3.89 Å². The highest BCUT2D eigenvalue weighted by Crippen LogP contribution is 2.43. The molecule has 1 saturated carbocycles. The van der Waals surface area contributed by atoms with E-state index < -0.39 is 0 Å². The van der Waals surface area contributed by atoms with Gasteiger partial charge >= 0.3 is 0 Å². The van der Waals surface area contributed by atoms with E-state index in [-0.39, 0.29) is 29.6 Å². The number of carbonyl (C=O) groups excluding carboxylic acids is 1. The summed E-state index contributed by atoms with van der Waals surface area (Å²) in [5, 5.41) is 3.36. The Kier molecular flexibility index (Phi) is 7.59. The fraction of sp³-hybridized carbons (Fsp3) is 0.480. The summed E-state index contributed by atoms with van der Waals surface area (Å²) < 4.78 is 13.6. The van der Waals surface area contributed by atoms with Crippen molar-refractivity contribution < 1.29 is 8.68 Å². The molecule has 1 aliphatic rings. The van der Waals surface area contributed by atoms with Crippen LogP contribution in [-0.2, 0) is 12.8 Å². The molecule has 1 unspecified atom stereocenters. The van der Waals surface area contributed by atoms with Gasteiger partial charge in [-0.1, -0.05) is 63.1 Å². The van der Waals surface area contributed by atoms with Crippen molar-refractivity contribution in [2.75, 3.05) is 14.1 Å². The van der Waals surface area contributed by atoms with Crippen LogP contribution in [0.1, 0.15) is 72.6 Å². The first-order valence-corrected chi connectivity index (χ1v) is 11.7. The molecule has 0 bridgehead atoms. The van der Waals surface area contributed by atoms with Gasteiger partial charge in [0.25, 0.3) is 5.91 Å². The van der Waals surface area contributed by atoms with Crippen LogP contribution in [0.2, 0.25) is 0 Å². The average molecular weight is 429 g/mol. The molecule has 1 atom stereocenters. The second kappa shape index (κ2) is 9.97. The van der Waals surface area contributed by atoms with Gasteiger partial charge in [0.15, 0.2) is 0 Å². The van der Waals surface area contributed by atoms with Gasteiger partial charge in [-0.3, -0.25) is 4.79 Å². The largest absolute Gasteiger partial charge is 0.343 e. The van der Waals surface area contributed by atoms with Crippen LogP contribution < -0.4 is 5.32 Å². The van der Waals surface area contributed by atoms with Gasteiger partial charge in [0.2, 0.25) is 0 Å². The zero-order valence-electron chi connectivity index (χ0n) is 18.5. The fourth-order valence-corrected chi connectivity index (χ4v) is 5.36. The number of carbonyl (C=O) groups is 1. The van der Waals surface area contributed by atoms with Crippen LogP contribution in [0, 0.1) is 0 Å². The maximum atomic E-state index is 13.6. The highest BCUT2D eigenvalue weighted by atomic mass is 32.2. The number of nitrogens with zero attached hydrogens (tertiary/aromatic N) is 1. The number of benzene rings is 2. The van der Waals surface area contributed by atoms with Crippen LogP contribution in [0.4, 0.5) is 3.89 Å². The van der Waals surface area contributed by atoms with Crippen LogP contribution in [0.5, 0.6) is 0 Å². The molecule has 0 spiro atoms. The summed E-state index contributed by atoms with van der Waals surface area (Å²) >= 11 is 0.227. The van der Waals surface area contributed by atoms with Crippen LogP contribution in [-0.4, -0.2) is 30.4 Å². The quantitative estimate of drug-likeness (QED) is 0.549. The van der Waals surface area contributed by atoms with Gasteiger partial charge in [0.1, 0.15) is 0 Å². The molecule has 0 heterocycles. The Hall–Kier alpha value is -1.85. The Morgan fingerprint density at radius 3 is 2.27 bits per heavy atom. The molecule has 0 aromatic heterocycles. The topological polar surface area (TPSA) is 32.3 Å². The minimum atomic E-state index is -0.124. The zero-order chi connectivity index (χ0) is 21.7. The molecule has 1 amide bonds. The first-order valence-electron chi connectivity index (χ1n) is 10.9. The number of nitrogens with one attached hydrogen (secondary N) is 1. The van der Waals surface area contributed by atoms with Crippen molar-refractivity contribution in [1.29, 1.82) is 0 Å². The lowest BCUT2D eigenvalue weighted by molar-refractivity contribution is 0.0765. The number of amides is 1. The normalized spacial score (nSPS) is 16.6. The zero-order valence-corrected chi connectivity index (χ0v) is 19.3. The van der Waals surface area contributed by atoms with E-state index in [0.29, 0.717) is 10.5 Å². The Labute approximate surface area is 184 Å². The van der Waals surface area contributed by atoms with Gasteiger partial charge in [0.05, 0.1) is 18.2 Å². The molecule has 0 radical (unpaired) electrons. The van der Waals surface area contributed by atoms with Crippen molar-refractivity contribution >= 4 is 18.1 Å². The molecule has 5 heteroatoms. The molecule has 1 N–H and O–H groups in total. The van der Waals surface area contributed by atoms with E-state index >= 15 is 0 Å². The van der Waals surface area contributed by atoms with Crippen molar-refractivity contribution in [3.05, 3.63) is 64.7 Å². The minimum absolute atomic E-state index is 0.119. The van der Waals surface area contributed by atoms with Crippen molar-refractivity contribution in [2.45, 2.75) is 68.8 Å². The molecule has 3 rings (SSSR count). The van der Waals surface area contributed by atoms with E-state index in [1.807, 2.05) is 38.1 Å². The van der Waals surface area contributed by atoms with E-state index in [1.54, 1.807) is 6.07 Å². The van der Waals surface area contributed by atoms with Gasteiger partial charge in [-0.15, -0.1) is 0 Å². The third-order valence-corrected chi connectivity index (χ3v) is 7.23. The molecule has 2 aromatic carbocycles. The Bertz CT molecular complexity index is 863. The molecule has 0 saturated heterocycles. The number of aryl methyl sites for hydroxylation is 2. The van der Waals surface area contributed by atoms with E-state index in [9.17, 15) is 8.68 Å². The summed E-state index contributed by atoms with van der Waals surface area (Å²) in [5.41, 5.74) is 3.51. The van der Waals surface area contributed by atoms with Crippen molar-refractivity contribution in [2.24, 2.45) is 0 Å². The second-order valence-corrected chi connectivity index (χ2v) is 9.02. The molecule has 162 valence electrons. The molecule has 30 heavy (non-hydrogen) atoms. The number of hydrogen-bond donors (Lipinski definition) is 1. The third kappa shape index (κ3) is 4.42. The Morgan fingerprint density at radius 1 is 1.10 bits per heavy atom. The summed E-state index contributed by atoms with van der Waals surface area (Å²) in [5.74, 6) is -0.119. The van der Waals surface area contributed by atoms with E-state index in [2.05, 4.69) is 36.4 Å². The summed E-state index contributed by atoms with van der Waals surface area (Å²) in [7, 11) is 4.22. The molecule has 1 aliphatic carbocycles. The lowest BCUT2D eigenvalue weighted by atomic mass is 9.82. The monoisotopic (exact) mass is 428 g/mol. The van der Waals surface area contributed by atoms with Crippen LogP contribution >= 0.6 is 12.1 Å². The van der Waals surface area contributed by atoms with Gasteiger partial charge in [-0.05, 0) is 62.5 Å². The first-order chi connectivity index (χ1) is 14.5. The molecule has 3 nitrogen and oxygen atoms in total. The molecule has 2 aromatic rings. The van der Waals surface area contributed by atoms with E-state index in [1.165, 1.54) is 0 Å². The summed E-state index contributed by atoms with van der Waals surface area (Å²) in [4.78, 5) is 16.4. The Morgan fingerprint density at radius 2 is 1.73 bits per heavy atom. The summed E-state index contributed by atoms with van der Waals surface area (Å²) in [6.07, 6.45) is 5.89. The van der Waals surface area contributed by atoms with Crippen molar-refractivity contribution in [1.82, 2.24) is 10.2 Å². The lowest BCUT2D eigenvalue weighted by Gasteiger charge is -2.44. The molecular weight excluding hydrogens is 395 g/mol. The van der Waals surface area contributed by atoms with Crippen LogP contribution in [0.3, 0.4) is 0 Å². The SMILES string of the molecule is CCc1cc(CC)c(C(=O)NC(c2ccccc2)C2(N(C)C)CCCC2)cc1SF. The lowest BCUT2D eigenvalue weighted by Crippen LogP contribution is -2.53. The highest BCUT2D eigenvalue weighted by Gasteiger charge is 2.44. The molecule has 0 aliphatic heterocycles. The number of likely N-dealkylation sites (N-methyl/N-ethyl adjacent to an activating group) is 1. The van der Waals surface area contributed by atoms with Gasteiger partial charge in [-0.25, -0.2) is 0 Å². The summed E-state index contributed by atoms with van der Waals surface area (Å²) in [6.45, 7) is 4.06. The van der Waals surface area contributed by atoms with Gasteiger partial charge < -0.3 is 10.2 Å². The van der Waals surface area contributed by atoms with Crippen LogP contribution in [0.25, 0.3) is 0 Å². The maximum absolute atomic E-state index is 13.6. The van der Waals surface area contributed by atoms with Crippen LogP contribution in [0.15, 0.2) is 47.4 Å².